The first-order valence-corrected chi connectivity index (χ1v) is 7.21. The van der Waals surface area contributed by atoms with Crippen molar-refractivity contribution in [3.8, 4) is 11.5 Å². The van der Waals surface area contributed by atoms with Crippen LogP contribution in [0.15, 0.2) is 73.3 Å². The van der Waals surface area contributed by atoms with Crippen LogP contribution >= 0.6 is 0 Å². The van der Waals surface area contributed by atoms with Crippen molar-refractivity contribution in [3.05, 3.63) is 73.3 Å². The molecule has 109 valence electrons. The summed E-state index contributed by atoms with van der Waals surface area (Å²) in [5.74, 6) is 1.40. The lowest BCUT2D eigenvalue weighted by atomic mass is 10.1. The van der Waals surface area contributed by atoms with Gasteiger partial charge in [0, 0.05) is 35.6 Å². The molecular weight excluding hydrogens is 287 g/mol. The van der Waals surface area contributed by atoms with Crippen molar-refractivity contribution < 1.29 is 9.31 Å². The van der Waals surface area contributed by atoms with Gasteiger partial charge >= 0.3 is 7.69 Å². The molecule has 2 aromatic carbocycles. The second-order valence-electron chi connectivity index (χ2n) is 5.10. The molecule has 0 aliphatic carbocycles. The van der Waals surface area contributed by atoms with Crippen molar-refractivity contribution >= 4 is 29.2 Å². The summed E-state index contributed by atoms with van der Waals surface area (Å²) in [5, 5.41) is 4.29. The quantitative estimate of drug-likeness (QED) is 0.538. The molecule has 2 aromatic heterocycles. The maximum absolute atomic E-state index is 5.54. The van der Waals surface area contributed by atoms with Crippen molar-refractivity contribution in [1.29, 1.82) is 0 Å². The van der Waals surface area contributed by atoms with Gasteiger partial charge in [-0.3, -0.25) is 9.97 Å². The Morgan fingerprint density at radius 2 is 1.13 bits per heavy atom. The fourth-order valence-corrected chi connectivity index (χ4v) is 2.41. The first-order valence-electron chi connectivity index (χ1n) is 7.21. The van der Waals surface area contributed by atoms with Crippen LogP contribution in [0.2, 0.25) is 0 Å². The Hall–Kier alpha value is -3.08. The van der Waals surface area contributed by atoms with E-state index in [0.717, 1.165) is 21.5 Å². The molecule has 23 heavy (non-hydrogen) atoms. The number of hydrogen-bond acceptors (Lipinski definition) is 4. The highest BCUT2D eigenvalue weighted by Gasteiger charge is 2.04. The van der Waals surface area contributed by atoms with E-state index in [-0.39, 0.29) is 0 Å². The molecular formula is C18H12BN2O2. The lowest BCUT2D eigenvalue weighted by Crippen LogP contribution is -2.10. The Balaban J connectivity index is 1.45. The van der Waals surface area contributed by atoms with Crippen LogP contribution in [-0.4, -0.2) is 17.7 Å². The normalized spacial score (nSPS) is 10.6. The molecule has 5 heteroatoms. The maximum Gasteiger partial charge on any atom is 0.658 e. The summed E-state index contributed by atoms with van der Waals surface area (Å²) >= 11 is 0. The summed E-state index contributed by atoms with van der Waals surface area (Å²) < 4.78 is 11.1. The molecule has 4 rings (SSSR count). The Kier molecular flexibility index (Phi) is 3.52. The van der Waals surface area contributed by atoms with Gasteiger partial charge in [-0.2, -0.15) is 0 Å². The van der Waals surface area contributed by atoms with Crippen LogP contribution in [0.5, 0.6) is 11.5 Å². The highest BCUT2D eigenvalue weighted by molar-refractivity contribution is 6.21. The van der Waals surface area contributed by atoms with Crippen LogP contribution in [0.1, 0.15) is 0 Å². The second kappa shape index (κ2) is 5.97. The molecule has 2 heterocycles. The van der Waals surface area contributed by atoms with Gasteiger partial charge in [0.25, 0.3) is 0 Å². The Morgan fingerprint density at radius 1 is 0.609 bits per heavy atom. The number of nitrogens with zero attached hydrogens (tertiary/aromatic N) is 2. The minimum Gasteiger partial charge on any atom is -0.526 e. The highest BCUT2D eigenvalue weighted by Crippen LogP contribution is 2.21. The zero-order chi connectivity index (χ0) is 15.5. The smallest absolute Gasteiger partial charge is 0.526 e. The summed E-state index contributed by atoms with van der Waals surface area (Å²) in [5.41, 5.74) is 0. The zero-order valence-electron chi connectivity index (χ0n) is 12.2. The van der Waals surface area contributed by atoms with Crippen molar-refractivity contribution in [2.24, 2.45) is 0 Å². The van der Waals surface area contributed by atoms with E-state index in [1.54, 1.807) is 24.8 Å². The number of aromatic nitrogens is 2. The van der Waals surface area contributed by atoms with Gasteiger partial charge in [0.2, 0.25) is 0 Å². The van der Waals surface area contributed by atoms with E-state index in [2.05, 4.69) is 9.97 Å². The topological polar surface area (TPSA) is 44.2 Å². The summed E-state index contributed by atoms with van der Waals surface area (Å²) in [6, 6.07) is 15.5. The van der Waals surface area contributed by atoms with E-state index in [4.69, 9.17) is 9.31 Å². The van der Waals surface area contributed by atoms with E-state index in [1.165, 1.54) is 7.69 Å². The molecule has 0 saturated heterocycles. The predicted molar refractivity (Wildman–Crippen MR) is 90.5 cm³/mol. The molecule has 1 radical (unpaired) electrons. The average molecular weight is 299 g/mol. The Labute approximate surface area is 134 Å². The lowest BCUT2D eigenvalue weighted by Gasteiger charge is -2.08. The zero-order valence-corrected chi connectivity index (χ0v) is 12.2. The number of fused-ring (bicyclic) bond motifs is 2. The third kappa shape index (κ3) is 2.94. The Morgan fingerprint density at radius 3 is 1.65 bits per heavy atom. The van der Waals surface area contributed by atoms with E-state index < -0.39 is 0 Å². The fourth-order valence-electron chi connectivity index (χ4n) is 2.41. The molecule has 0 saturated carbocycles. The van der Waals surface area contributed by atoms with E-state index in [9.17, 15) is 0 Å². The molecule has 0 amide bonds. The average Bonchev–Trinajstić information content (AvgIpc) is 2.61. The molecule has 0 N–H and O–H groups in total. The SMILES string of the molecule is [B](Oc1ccc2ccncc2c1)Oc1ccc2ccncc2c1. The second-order valence-corrected chi connectivity index (χ2v) is 5.10. The standard InChI is InChI=1S/C18H12BN2O2/c1-3-17(9-15-11-20-7-5-13(1)15)22-19-23-18-4-2-14-6-8-21-12-16(14)10-18/h1-12H. The molecule has 0 spiro atoms. The molecule has 0 atom stereocenters. The van der Waals surface area contributed by atoms with E-state index >= 15 is 0 Å². The number of benzene rings is 2. The third-order valence-electron chi connectivity index (χ3n) is 3.59. The van der Waals surface area contributed by atoms with Gasteiger partial charge in [0.1, 0.15) is 11.5 Å². The monoisotopic (exact) mass is 299 g/mol. The predicted octanol–water partition coefficient (Wildman–Crippen LogP) is 3.78. The van der Waals surface area contributed by atoms with Gasteiger partial charge in [0.05, 0.1) is 0 Å². The minimum absolute atomic E-state index is 0.702. The molecule has 0 aliphatic heterocycles. The first-order chi connectivity index (χ1) is 11.4. The van der Waals surface area contributed by atoms with Crippen molar-refractivity contribution in [2.45, 2.75) is 0 Å². The molecule has 0 bridgehead atoms. The maximum atomic E-state index is 5.54. The van der Waals surface area contributed by atoms with Crippen LogP contribution in [0.3, 0.4) is 0 Å². The molecule has 0 fully saturated rings. The summed E-state index contributed by atoms with van der Waals surface area (Å²) in [6.45, 7) is 0. The molecule has 0 unspecified atom stereocenters. The van der Waals surface area contributed by atoms with Crippen molar-refractivity contribution in [3.63, 3.8) is 0 Å². The van der Waals surface area contributed by atoms with Gasteiger partial charge in [0.15, 0.2) is 0 Å². The summed E-state index contributed by atoms with van der Waals surface area (Å²) in [4.78, 5) is 8.22. The van der Waals surface area contributed by atoms with Gasteiger partial charge < -0.3 is 9.31 Å². The number of pyridine rings is 2. The largest absolute Gasteiger partial charge is 0.658 e. The highest BCUT2D eigenvalue weighted by atomic mass is 16.6. The Bertz CT molecular complexity index is 896. The van der Waals surface area contributed by atoms with Crippen LogP contribution in [0.25, 0.3) is 21.5 Å². The van der Waals surface area contributed by atoms with E-state index in [0.29, 0.717) is 11.5 Å². The van der Waals surface area contributed by atoms with Crippen LogP contribution in [-0.2, 0) is 0 Å². The van der Waals surface area contributed by atoms with Crippen molar-refractivity contribution in [2.75, 3.05) is 0 Å². The minimum atomic E-state index is 0.702. The van der Waals surface area contributed by atoms with Crippen LogP contribution in [0.4, 0.5) is 0 Å². The van der Waals surface area contributed by atoms with Crippen LogP contribution < -0.4 is 9.31 Å². The van der Waals surface area contributed by atoms with Gasteiger partial charge in [-0.1, -0.05) is 12.1 Å². The fraction of sp³-hybridized carbons (Fsp3) is 0. The summed E-state index contributed by atoms with van der Waals surface area (Å²) in [7, 11) is 1.33. The third-order valence-corrected chi connectivity index (χ3v) is 3.59. The summed E-state index contributed by atoms with van der Waals surface area (Å²) in [6.07, 6.45) is 7.15. The molecule has 4 aromatic rings. The van der Waals surface area contributed by atoms with Crippen molar-refractivity contribution in [1.82, 2.24) is 9.97 Å². The first kappa shape index (κ1) is 13.6. The number of rotatable bonds is 4. The van der Waals surface area contributed by atoms with Gasteiger partial charge in [-0.15, -0.1) is 0 Å². The number of hydrogen-bond donors (Lipinski definition) is 0. The lowest BCUT2D eigenvalue weighted by molar-refractivity contribution is 0.460. The van der Waals surface area contributed by atoms with Gasteiger partial charge in [-0.25, -0.2) is 0 Å². The van der Waals surface area contributed by atoms with E-state index in [1.807, 2.05) is 48.5 Å². The molecule has 4 nitrogen and oxygen atoms in total. The van der Waals surface area contributed by atoms with Gasteiger partial charge in [-0.05, 0) is 47.2 Å². The van der Waals surface area contributed by atoms with Crippen LogP contribution in [0, 0.1) is 0 Å². The molecule has 0 aliphatic rings.